The maximum atomic E-state index is 14.4. The van der Waals surface area contributed by atoms with Crippen molar-refractivity contribution in [1.29, 1.82) is 0 Å². The van der Waals surface area contributed by atoms with Crippen molar-refractivity contribution in [3.05, 3.63) is 59.9 Å². The van der Waals surface area contributed by atoms with Crippen LogP contribution in [0.3, 0.4) is 0 Å². The summed E-state index contributed by atoms with van der Waals surface area (Å²) >= 11 is 0. The highest BCUT2D eigenvalue weighted by molar-refractivity contribution is 6.00. The second-order valence-electron chi connectivity index (χ2n) is 6.20. The quantitative estimate of drug-likeness (QED) is 0.867. The van der Waals surface area contributed by atoms with Crippen molar-refractivity contribution in [2.45, 2.75) is 25.0 Å². The summed E-state index contributed by atoms with van der Waals surface area (Å²) in [7, 11) is 1.61. The van der Waals surface area contributed by atoms with Crippen molar-refractivity contribution in [1.82, 2.24) is 4.90 Å². The summed E-state index contributed by atoms with van der Waals surface area (Å²) in [5.41, 5.74) is 1.31. The molecule has 0 unspecified atom stereocenters. The van der Waals surface area contributed by atoms with E-state index in [9.17, 15) is 9.18 Å². The van der Waals surface area contributed by atoms with Crippen molar-refractivity contribution >= 4 is 11.6 Å². The SMILES string of the molecule is COc1ccc(N2C(=O)[C@@H]3CCCN3[C@H]2c2ccccc2F)cc1. The van der Waals surface area contributed by atoms with Crippen LogP contribution < -0.4 is 9.64 Å². The molecule has 0 spiro atoms. The predicted molar refractivity (Wildman–Crippen MR) is 89.3 cm³/mol. The average molecular weight is 326 g/mol. The van der Waals surface area contributed by atoms with Gasteiger partial charge in [0, 0.05) is 17.8 Å². The van der Waals surface area contributed by atoms with E-state index in [4.69, 9.17) is 4.74 Å². The van der Waals surface area contributed by atoms with Crippen LogP contribution in [0.5, 0.6) is 5.75 Å². The fraction of sp³-hybridized carbons (Fsp3) is 0.316. The molecule has 124 valence electrons. The fourth-order valence-electron chi connectivity index (χ4n) is 3.79. The van der Waals surface area contributed by atoms with Crippen LogP contribution in [0, 0.1) is 5.82 Å². The maximum Gasteiger partial charge on any atom is 0.246 e. The summed E-state index contributed by atoms with van der Waals surface area (Å²) in [5, 5.41) is 0. The Bertz CT molecular complexity index is 762. The standard InChI is InChI=1S/C19H19FN2O2/c1-24-14-10-8-13(9-11-14)22-18(15-5-2-3-6-16(15)20)21-12-4-7-17(21)19(22)23/h2-3,5-6,8-11,17-18H,4,7,12H2,1H3/t17-,18+/m0/s1. The second-order valence-corrected chi connectivity index (χ2v) is 6.20. The van der Waals surface area contributed by atoms with Crippen LogP contribution in [0.15, 0.2) is 48.5 Å². The number of amides is 1. The lowest BCUT2D eigenvalue weighted by atomic mass is 10.1. The number of anilines is 1. The van der Waals surface area contributed by atoms with E-state index >= 15 is 0 Å². The molecule has 0 aromatic heterocycles. The van der Waals surface area contributed by atoms with E-state index in [1.807, 2.05) is 30.3 Å². The van der Waals surface area contributed by atoms with Gasteiger partial charge >= 0.3 is 0 Å². The van der Waals surface area contributed by atoms with E-state index in [2.05, 4.69) is 4.90 Å². The number of hydrogen-bond acceptors (Lipinski definition) is 3. The first-order valence-electron chi connectivity index (χ1n) is 8.18. The minimum atomic E-state index is -0.389. The molecule has 2 aromatic carbocycles. The molecular weight excluding hydrogens is 307 g/mol. The zero-order valence-corrected chi connectivity index (χ0v) is 13.5. The lowest BCUT2D eigenvalue weighted by Gasteiger charge is -2.30. The highest BCUT2D eigenvalue weighted by Gasteiger charge is 2.49. The Morgan fingerprint density at radius 3 is 2.58 bits per heavy atom. The van der Waals surface area contributed by atoms with Crippen LogP contribution in [0.2, 0.25) is 0 Å². The van der Waals surface area contributed by atoms with Crippen LogP contribution in [0.1, 0.15) is 24.6 Å². The molecule has 5 heteroatoms. The third kappa shape index (κ3) is 2.27. The van der Waals surface area contributed by atoms with E-state index in [0.717, 1.165) is 30.8 Å². The maximum absolute atomic E-state index is 14.4. The monoisotopic (exact) mass is 326 g/mol. The largest absolute Gasteiger partial charge is 0.497 e. The molecule has 2 aliphatic heterocycles. The molecule has 0 N–H and O–H groups in total. The topological polar surface area (TPSA) is 32.8 Å². The third-order valence-electron chi connectivity index (χ3n) is 4.91. The Balaban J connectivity index is 1.80. The van der Waals surface area contributed by atoms with E-state index in [0.29, 0.717) is 5.56 Å². The van der Waals surface area contributed by atoms with Gasteiger partial charge in [-0.3, -0.25) is 14.6 Å². The van der Waals surface area contributed by atoms with Gasteiger partial charge in [-0.15, -0.1) is 0 Å². The number of methoxy groups -OCH3 is 1. The Morgan fingerprint density at radius 2 is 1.88 bits per heavy atom. The molecule has 0 radical (unpaired) electrons. The summed E-state index contributed by atoms with van der Waals surface area (Å²) in [6, 6.07) is 13.9. The third-order valence-corrected chi connectivity index (χ3v) is 4.91. The molecule has 24 heavy (non-hydrogen) atoms. The number of fused-ring (bicyclic) bond motifs is 1. The van der Waals surface area contributed by atoms with Gasteiger partial charge < -0.3 is 4.74 Å². The molecule has 2 fully saturated rings. The molecule has 4 rings (SSSR count). The summed E-state index contributed by atoms with van der Waals surface area (Å²) in [4.78, 5) is 16.8. The zero-order chi connectivity index (χ0) is 16.7. The van der Waals surface area contributed by atoms with E-state index in [1.165, 1.54) is 6.07 Å². The van der Waals surface area contributed by atoms with Crippen LogP contribution >= 0.6 is 0 Å². The van der Waals surface area contributed by atoms with Crippen LogP contribution in [0.25, 0.3) is 0 Å². The Hall–Kier alpha value is -2.40. The lowest BCUT2D eigenvalue weighted by molar-refractivity contribution is -0.119. The summed E-state index contributed by atoms with van der Waals surface area (Å²) in [5.74, 6) is 0.501. The first-order valence-corrected chi connectivity index (χ1v) is 8.18. The van der Waals surface area contributed by atoms with Gasteiger partial charge in [-0.1, -0.05) is 18.2 Å². The zero-order valence-electron chi connectivity index (χ0n) is 13.5. The van der Waals surface area contributed by atoms with Gasteiger partial charge in [0.2, 0.25) is 5.91 Å². The van der Waals surface area contributed by atoms with Crippen molar-refractivity contribution in [2.75, 3.05) is 18.6 Å². The number of carbonyl (C=O) groups is 1. The average Bonchev–Trinajstić information content (AvgIpc) is 3.18. The normalized spacial score (nSPS) is 23.6. The Morgan fingerprint density at radius 1 is 1.12 bits per heavy atom. The molecule has 4 nitrogen and oxygen atoms in total. The van der Waals surface area contributed by atoms with Crippen molar-refractivity contribution in [3.8, 4) is 5.75 Å². The van der Waals surface area contributed by atoms with E-state index < -0.39 is 0 Å². The first-order chi connectivity index (χ1) is 11.7. The van der Waals surface area contributed by atoms with E-state index in [1.54, 1.807) is 24.1 Å². The molecule has 1 amide bonds. The lowest BCUT2D eigenvalue weighted by Crippen LogP contribution is -2.32. The predicted octanol–water partition coefficient (Wildman–Crippen LogP) is 3.34. The van der Waals surface area contributed by atoms with Crippen molar-refractivity contribution in [2.24, 2.45) is 0 Å². The van der Waals surface area contributed by atoms with Gasteiger partial charge in [0.05, 0.1) is 13.2 Å². The fourth-order valence-corrected chi connectivity index (χ4v) is 3.79. The number of carbonyl (C=O) groups excluding carboxylic acids is 1. The van der Waals surface area contributed by atoms with Gasteiger partial charge in [-0.05, 0) is 43.2 Å². The first kappa shape index (κ1) is 15.1. The van der Waals surface area contributed by atoms with Crippen LogP contribution in [0.4, 0.5) is 10.1 Å². The number of ether oxygens (including phenoxy) is 1. The van der Waals surface area contributed by atoms with Crippen molar-refractivity contribution in [3.63, 3.8) is 0 Å². The smallest absolute Gasteiger partial charge is 0.246 e. The highest BCUT2D eigenvalue weighted by atomic mass is 19.1. The second kappa shape index (κ2) is 5.91. The van der Waals surface area contributed by atoms with Gasteiger partial charge in [0.15, 0.2) is 0 Å². The number of halogens is 1. The molecule has 2 saturated heterocycles. The molecule has 2 aromatic rings. The summed E-state index contributed by atoms with van der Waals surface area (Å²) in [6.45, 7) is 0.808. The highest BCUT2D eigenvalue weighted by Crippen LogP contribution is 2.43. The minimum Gasteiger partial charge on any atom is -0.497 e. The van der Waals surface area contributed by atoms with Crippen LogP contribution in [-0.4, -0.2) is 30.5 Å². The minimum absolute atomic E-state index is 0.0471. The number of rotatable bonds is 3. The van der Waals surface area contributed by atoms with Gasteiger partial charge in [-0.2, -0.15) is 0 Å². The van der Waals surface area contributed by atoms with Gasteiger partial charge in [-0.25, -0.2) is 4.39 Å². The molecule has 0 bridgehead atoms. The van der Waals surface area contributed by atoms with Gasteiger partial charge in [0.1, 0.15) is 17.7 Å². The Labute approximate surface area is 140 Å². The molecular formula is C19H19FN2O2. The summed E-state index contributed by atoms with van der Waals surface area (Å²) in [6.07, 6.45) is 1.41. The molecule has 2 heterocycles. The van der Waals surface area contributed by atoms with E-state index in [-0.39, 0.29) is 23.9 Å². The number of nitrogens with zero attached hydrogens (tertiary/aromatic N) is 2. The molecule has 0 aliphatic carbocycles. The van der Waals surface area contributed by atoms with Gasteiger partial charge in [0.25, 0.3) is 0 Å². The van der Waals surface area contributed by atoms with Crippen LogP contribution in [-0.2, 0) is 4.79 Å². The Kier molecular flexibility index (Phi) is 3.73. The molecule has 2 aliphatic rings. The molecule has 0 saturated carbocycles. The summed E-state index contributed by atoms with van der Waals surface area (Å²) < 4.78 is 19.6. The number of benzene rings is 2. The van der Waals surface area contributed by atoms with Crippen molar-refractivity contribution < 1.29 is 13.9 Å². The number of hydrogen-bond donors (Lipinski definition) is 0. The molecule has 2 atom stereocenters.